The van der Waals surface area contributed by atoms with Crippen LogP contribution in [-0.4, -0.2) is 35.3 Å². The number of carbonyl (C=O) groups is 1. The zero-order chi connectivity index (χ0) is 15.4. The van der Waals surface area contributed by atoms with E-state index in [2.05, 4.69) is 15.7 Å². The van der Waals surface area contributed by atoms with E-state index in [1.54, 1.807) is 0 Å². The number of hydrogen-bond donors (Lipinski definition) is 2. The highest BCUT2D eigenvalue weighted by atomic mass is 16.1. The van der Waals surface area contributed by atoms with Gasteiger partial charge in [0, 0.05) is 18.3 Å². The SMILES string of the molecule is Cc1cnn(-c2ccc(C(=O)NCCC3CCNC3)cc2)c1. The maximum atomic E-state index is 12.1. The normalized spacial score (nSPS) is 17.6. The number of amides is 1. The van der Waals surface area contributed by atoms with Crippen molar-refractivity contribution in [1.29, 1.82) is 0 Å². The Hall–Kier alpha value is -2.14. The first-order valence-corrected chi connectivity index (χ1v) is 7.83. The second-order valence-corrected chi connectivity index (χ2v) is 5.91. The van der Waals surface area contributed by atoms with Crippen molar-refractivity contribution in [3.8, 4) is 5.69 Å². The summed E-state index contributed by atoms with van der Waals surface area (Å²) in [6, 6.07) is 7.53. The molecule has 3 rings (SSSR count). The number of nitrogens with one attached hydrogen (secondary N) is 2. The lowest BCUT2D eigenvalue weighted by atomic mass is 10.1. The molecule has 0 spiro atoms. The predicted molar refractivity (Wildman–Crippen MR) is 86.2 cm³/mol. The van der Waals surface area contributed by atoms with Crippen molar-refractivity contribution in [2.24, 2.45) is 5.92 Å². The Kier molecular flexibility index (Phi) is 4.53. The summed E-state index contributed by atoms with van der Waals surface area (Å²) in [6.07, 6.45) is 6.04. The Morgan fingerprint density at radius 2 is 2.23 bits per heavy atom. The van der Waals surface area contributed by atoms with Gasteiger partial charge in [-0.2, -0.15) is 5.10 Å². The zero-order valence-electron chi connectivity index (χ0n) is 12.9. The molecule has 1 aromatic carbocycles. The zero-order valence-corrected chi connectivity index (χ0v) is 12.9. The van der Waals surface area contributed by atoms with Crippen molar-refractivity contribution in [3.05, 3.63) is 47.8 Å². The van der Waals surface area contributed by atoms with E-state index in [0.717, 1.165) is 37.3 Å². The van der Waals surface area contributed by atoms with Crippen LogP contribution in [0.25, 0.3) is 5.69 Å². The fourth-order valence-electron chi connectivity index (χ4n) is 2.77. The first kappa shape index (κ1) is 14.8. The van der Waals surface area contributed by atoms with E-state index in [0.29, 0.717) is 11.5 Å². The van der Waals surface area contributed by atoms with E-state index in [9.17, 15) is 4.79 Å². The molecule has 2 N–H and O–H groups in total. The van der Waals surface area contributed by atoms with Crippen LogP contribution >= 0.6 is 0 Å². The van der Waals surface area contributed by atoms with Crippen LogP contribution in [0.15, 0.2) is 36.7 Å². The highest BCUT2D eigenvalue weighted by Gasteiger charge is 2.14. The summed E-state index contributed by atoms with van der Waals surface area (Å²) in [7, 11) is 0. The Labute approximate surface area is 130 Å². The molecule has 1 aromatic heterocycles. The summed E-state index contributed by atoms with van der Waals surface area (Å²) >= 11 is 0. The highest BCUT2D eigenvalue weighted by molar-refractivity contribution is 5.94. The second-order valence-electron chi connectivity index (χ2n) is 5.91. The van der Waals surface area contributed by atoms with E-state index in [1.807, 2.05) is 48.3 Å². The monoisotopic (exact) mass is 298 g/mol. The molecule has 1 unspecified atom stereocenters. The maximum Gasteiger partial charge on any atom is 0.251 e. The van der Waals surface area contributed by atoms with Crippen LogP contribution in [0, 0.1) is 12.8 Å². The van der Waals surface area contributed by atoms with Gasteiger partial charge in [-0.15, -0.1) is 0 Å². The van der Waals surface area contributed by atoms with Crippen molar-refractivity contribution >= 4 is 5.91 Å². The molecule has 1 aliphatic heterocycles. The third kappa shape index (κ3) is 3.54. The number of nitrogens with zero attached hydrogens (tertiary/aromatic N) is 2. The van der Waals surface area contributed by atoms with Gasteiger partial charge in [0.2, 0.25) is 0 Å². The van der Waals surface area contributed by atoms with Gasteiger partial charge in [0.1, 0.15) is 0 Å². The maximum absolute atomic E-state index is 12.1. The summed E-state index contributed by atoms with van der Waals surface area (Å²) in [5, 5.41) is 10.6. The average molecular weight is 298 g/mol. The van der Waals surface area contributed by atoms with Gasteiger partial charge in [0.15, 0.2) is 0 Å². The van der Waals surface area contributed by atoms with Crippen LogP contribution in [0.3, 0.4) is 0 Å². The number of benzene rings is 1. The molecule has 2 heterocycles. The minimum atomic E-state index is -0.00541. The minimum Gasteiger partial charge on any atom is -0.352 e. The van der Waals surface area contributed by atoms with Crippen molar-refractivity contribution in [2.45, 2.75) is 19.8 Å². The van der Waals surface area contributed by atoms with Crippen LogP contribution in [0.1, 0.15) is 28.8 Å². The van der Waals surface area contributed by atoms with Gasteiger partial charge >= 0.3 is 0 Å². The molecule has 1 atom stereocenters. The number of aromatic nitrogens is 2. The molecule has 5 heteroatoms. The van der Waals surface area contributed by atoms with E-state index in [-0.39, 0.29) is 5.91 Å². The fourth-order valence-corrected chi connectivity index (χ4v) is 2.77. The average Bonchev–Trinajstić information content (AvgIpc) is 3.19. The molecule has 0 aliphatic carbocycles. The third-order valence-corrected chi connectivity index (χ3v) is 4.11. The molecule has 1 saturated heterocycles. The first-order valence-electron chi connectivity index (χ1n) is 7.83. The lowest BCUT2D eigenvalue weighted by Gasteiger charge is -2.09. The topological polar surface area (TPSA) is 59.0 Å². The Morgan fingerprint density at radius 3 is 2.86 bits per heavy atom. The molecule has 22 heavy (non-hydrogen) atoms. The molecule has 0 radical (unpaired) electrons. The van der Waals surface area contributed by atoms with Crippen LogP contribution in [-0.2, 0) is 0 Å². The molecule has 1 aliphatic rings. The molecule has 1 amide bonds. The summed E-state index contributed by atoms with van der Waals surface area (Å²) in [5.41, 5.74) is 2.77. The predicted octanol–water partition coefficient (Wildman–Crippen LogP) is 1.91. The largest absolute Gasteiger partial charge is 0.352 e. The lowest BCUT2D eigenvalue weighted by Crippen LogP contribution is -2.26. The third-order valence-electron chi connectivity index (χ3n) is 4.11. The first-order chi connectivity index (χ1) is 10.7. The molecular weight excluding hydrogens is 276 g/mol. The van der Waals surface area contributed by atoms with Crippen molar-refractivity contribution in [1.82, 2.24) is 20.4 Å². The minimum absolute atomic E-state index is 0.00541. The standard InChI is InChI=1S/C17H22N4O/c1-13-10-20-21(12-13)16-4-2-15(3-5-16)17(22)19-9-7-14-6-8-18-11-14/h2-5,10,12,14,18H,6-9,11H2,1H3,(H,19,22). The van der Waals surface area contributed by atoms with Gasteiger partial charge in [0.05, 0.1) is 11.9 Å². The Bertz CT molecular complexity index is 626. The molecule has 0 bridgehead atoms. The van der Waals surface area contributed by atoms with Crippen LogP contribution in [0.2, 0.25) is 0 Å². The van der Waals surface area contributed by atoms with E-state index in [4.69, 9.17) is 0 Å². The fraction of sp³-hybridized carbons (Fsp3) is 0.412. The number of rotatable bonds is 5. The second kappa shape index (κ2) is 6.75. The smallest absolute Gasteiger partial charge is 0.251 e. The van der Waals surface area contributed by atoms with Gasteiger partial charge in [0.25, 0.3) is 5.91 Å². The number of aryl methyl sites for hydroxylation is 1. The van der Waals surface area contributed by atoms with E-state index < -0.39 is 0 Å². The number of hydrogen-bond acceptors (Lipinski definition) is 3. The summed E-state index contributed by atoms with van der Waals surface area (Å²) < 4.78 is 1.81. The van der Waals surface area contributed by atoms with Crippen molar-refractivity contribution < 1.29 is 4.79 Å². The van der Waals surface area contributed by atoms with Crippen molar-refractivity contribution in [2.75, 3.05) is 19.6 Å². The molecule has 116 valence electrons. The van der Waals surface area contributed by atoms with Crippen molar-refractivity contribution in [3.63, 3.8) is 0 Å². The van der Waals surface area contributed by atoms with Gasteiger partial charge in [-0.25, -0.2) is 4.68 Å². The highest BCUT2D eigenvalue weighted by Crippen LogP contribution is 2.12. The quantitative estimate of drug-likeness (QED) is 0.886. The summed E-state index contributed by atoms with van der Waals surface area (Å²) in [6.45, 7) is 4.93. The molecule has 5 nitrogen and oxygen atoms in total. The Balaban J connectivity index is 1.54. The number of carbonyl (C=O) groups excluding carboxylic acids is 1. The Morgan fingerprint density at radius 1 is 1.41 bits per heavy atom. The van der Waals surface area contributed by atoms with Crippen LogP contribution < -0.4 is 10.6 Å². The van der Waals surface area contributed by atoms with E-state index in [1.165, 1.54) is 6.42 Å². The molecular formula is C17H22N4O. The van der Waals surface area contributed by atoms with Gasteiger partial charge in [-0.1, -0.05) is 0 Å². The summed E-state index contributed by atoms with van der Waals surface area (Å²) in [5.74, 6) is 0.694. The van der Waals surface area contributed by atoms with Crippen LogP contribution in [0.4, 0.5) is 0 Å². The molecule has 0 saturated carbocycles. The lowest BCUT2D eigenvalue weighted by molar-refractivity contribution is 0.0951. The van der Waals surface area contributed by atoms with E-state index >= 15 is 0 Å². The summed E-state index contributed by atoms with van der Waals surface area (Å²) in [4.78, 5) is 12.1. The van der Waals surface area contributed by atoms with Crippen LogP contribution in [0.5, 0.6) is 0 Å². The molecule has 1 fully saturated rings. The van der Waals surface area contributed by atoms with Gasteiger partial charge < -0.3 is 10.6 Å². The van der Waals surface area contributed by atoms with Gasteiger partial charge in [-0.05, 0) is 68.6 Å². The molecule has 2 aromatic rings. The van der Waals surface area contributed by atoms with Gasteiger partial charge in [-0.3, -0.25) is 4.79 Å².